The Kier molecular flexibility index (Phi) is 5.82. The van der Waals surface area contributed by atoms with E-state index in [1.807, 2.05) is 26.0 Å². The predicted molar refractivity (Wildman–Crippen MR) is 113 cm³/mol. The topological polar surface area (TPSA) is 91.2 Å². The number of carbonyl (C=O) groups excluding carboxylic acids is 1. The number of carbonyl (C=O) groups is 1. The van der Waals surface area contributed by atoms with Crippen molar-refractivity contribution in [2.24, 2.45) is 5.92 Å². The van der Waals surface area contributed by atoms with Gasteiger partial charge in [0, 0.05) is 23.8 Å². The van der Waals surface area contributed by atoms with E-state index in [0.29, 0.717) is 24.2 Å². The summed E-state index contributed by atoms with van der Waals surface area (Å²) < 4.78 is 5.40. The van der Waals surface area contributed by atoms with Crippen molar-refractivity contribution in [3.05, 3.63) is 50.8 Å². The van der Waals surface area contributed by atoms with Gasteiger partial charge in [0.05, 0.1) is 18.2 Å². The molecule has 1 saturated heterocycles. The Hall–Kier alpha value is -2.45. The largest absolute Gasteiger partial charge is 0.468 e. The summed E-state index contributed by atoms with van der Waals surface area (Å²) in [5.41, 5.74) is 0.902. The number of piperidine rings is 1. The summed E-state index contributed by atoms with van der Waals surface area (Å²) in [5, 5.41) is 3.69. The molecule has 0 aromatic carbocycles. The number of aromatic amines is 1. The van der Waals surface area contributed by atoms with Crippen LogP contribution in [0.2, 0.25) is 0 Å². The molecule has 3 aromatic heterocycles. The lowest BCUT2D eigenvalue weighted by atomic mass is 9.96. The Morgan fingerprint density at radius 1 is 1.38 bits per heavy atom. The van der Waals surface area contributed by atoms with E-state index in [2.05, 4.69) is 20.2 Å². The van der Waals surface area contributed by atoms with Crippen LogP contribution in [0.5, 0.6) is 0 Å². The fraction of sp³-hybridized carbons (Fsp3) is 0.476. The molecule has 8 heteroatoms. The number of likely N-dealkylation sites (tertiary alicyclic amines) is 1. The van der Waals surface area contributed by atoms with Crippen molar-refractivity contribution >= 4 is 27.5 Å². The molecule has 1 amide bonds. The van der Waals surface area contributed by atoms with E-state index in [-0.39, 0.29) is 17.4 Å². The predicted octanol–water partition coefficient (Wildman–Crippen LogP) is 2.77. The molecule has 0 bridgehead atoms. The van der Waals surface area contributed by atoms with Crippen LogP contribution in [0.1, 0.15) is 34.9 Å². The summed E-state index contributed by atoms with van der Waals surface area (Å²) in [6, 6.07) is 3.88. The lowest BCUT2D eigenvalue weighted by Gasteiger charge is -2.30. The number of aryl methyl sites for hydroxylation is 2. The molecular weight excluding hydrogens is 388 g/mol. The highest BCUT2D eigenvalue weighted by molar-refractivity contribution is 7.18. The quantitative estimate of drug-likeness (QED) is 0.647. The van der Waals surface area contributed by atoms with Crippen LogP contribution in [0.4, 0.5) is 0 Å². The van der Waals surface area contributed by atoms with Gasteiger partial charge < -0.3 is 14.7 Å². The number of nitrogens with one attached hydrogen (secondary N) is 2. The van der Waals surface area contributed by atoms with Gasteiger partial charge in [-0.2, -0.15) is 0 Å². The van der Waals surface area contributed by atoms with Gasteiger partial charge in [-0.1, -0.05) is 0 Å². The average molecular weight is 415 g/mol. The van der Waals surface area contributed by atoms with Crippen molar-refractivity contribution in [3.8, 4) is 0 Å². The van der Waals surface area contributed by atoms with Crippen molar-refractivity contribution in [1.29, 1.82) is 0 Å². The summed E-state index contributed by atoms with van der Waals surface area (Å²) in [6.45, 7) is 7.00. The van der Waals surface area contributed by atoms with Gasteiger partial charge in [0.1, 0.15) is 16.4 Å². The number of thiophene rings is 1. The highest BCUT2D eigenvalue weighted by Gasteiger charge is 2.25. The van der Waals surface area contributed by atoms with E-state index in [9.17, 15) is 9.59 Å². The van der Waals surface area contributed by atoms with Crippen LogP contribution in [0, 0.1) is 19.8 Å². The molecule has 0 atom stereocenters. The summed E-state index contributed by atoms with van der Waals surface area (Å²) in [4.78, 5) is 36.5. The van der Waals surface area contributed by atoms with E-state index in [0.717, 1.165) is 53.5 Å². The number of amides is 1. The molecule has 29 heavy (non-hydrogen) atoms. The molecule has 0 saturated carbocycles. The number of hydrogen-bond acceptors (Lipinski definition) is 6. The standard InChI is InChI=1S/C21H26N4O3S/c1-13-14(2)29-21-18(13)20(27)23-17(24-21)5-8-22-19(26)15-6-9-25(10-7-15)12-16-4-3-11-28-16/h3-4,11,15H,5-10,12H2,1-2H3,(H,22,26)(H,23,24,27). The zero-order chi connectivity index (χ0) is 20.4. The number of fused-ring (bicyclic) bond motifs is 1. The first kappa shape index (κ1) is 19.8. The van der Waals surface area contributed by atoms with Gasteiger partial charge >= 0.3 is 0 Å². The van der Waals surface area contributed by atoms with E-state index in [1.54, 1.807) is 17.6 Å². The van der Waals surface area contributed by atoms with Crippen LogP contribution in [-0.2, 0) is 17.8 Å². The number of H-pyrrole nitrogens is 1. The summed E-state index contributed by atoms with van der Waals surface area (Å²) in [6.07, 6.45) is 3.91. The molecule has 1 fully saturated rings. The summed E-state index contributed by atoms with van der Waals surface area (Å²) >= 11 is 1.54. The number of rotatable bonds is 6. The molecule has 3 aromatic rings. The number of aromatic nitrogens is 2. The third-order valence-corrected chi connectivity index (χ3v) is 6.77. The van der Waals surface area contributed by atoms with E-state index >= 15 is 0 Å². The Labute approximate surface area is 173 Å². The molecule has 4 rings (SSSR count). The van der Waals surface area contributed by atoms with Crippen molar-refractivity contribution < 1.29 is 9.21 Å². The molecular formula is C21H26N4O3S. The number of furan rings is 1. The smallest absolute Gasteiger partial charge is 0.259 e. The van der Waals surface area contributed by atoms with E-state index in [4.69, 9.17) is 4.42 Å². The second kappa shape index (κ2) is 8.51. The Bertz CT molecular complexity index is 1050. The monoisotopic (exact) mass is 414 g/mol. The Morgan fingerprint density at radius 2 is 2.17 bits per heavy atom. The Balaban J connectivity index is 1.26. The van der Waals surface area contributed by atoms with Crippen LogP contribution in [-0.4, -0.2) is 40.4 Å². The van der Waals surface area contributed by atoms with E-state index < -0.39 is 0 Å². The maximum absolute atomic E-state index is 12.5. The maximum Gasteiger partial charge on any atom is 0.259 e. The molecule has 0 aliphatic carbocycles. The fourth-order valence-corrected chi connectivity index (χ4v) is 4.89. The first-order valence-electron chi connectivity index (χ1n) is 10.0. The lowest BCUT2D eigenvalue weighted by molar-refractivity contribution is -0.126. The molecule has 1 aliphatic rings. The second-order valence-electron chi connectivity index (χ2n) is 7.65. The molecule has 4 heterocycles. The van der Waals surface area contributed by atoms with Gasteiger partial charge in [-0.25, -0.2) is 4.98 Å². The molecule has 154 valence electrons. The van der Waals surface area contributed by atoms with Crippen molar-refractivity contribution in [1.82, 2.24) is 20.2 Å². The second-order valence-corrected chi connectivity index (χ2v) is 8.85. The first-order valence-corrected chi connectivity index (χ1v) is 10.8. The number of hydrogen-bond donors (Lipinski definition) is 2. The minimum absolute atomic E-state index is 0.0416. The van der Waals surface area contributed by atoms with Gasteiger partial charge in [0.2, 0.25) is 5.91 Å². The highest BCUT2D eigenvalue weighted by atomic mass is 32.1. The fourth-order valence-electron chi connectivity index (χ4n) is 3.84. The van der Waals surface area contributed by atoms with Gasteiger partial charge in [-0.05, 0) is 57.5 Å². The molecule has 1 aliphatic heterocycles. The Morgan fingerprint density at radius 3 is 2.90 bits per heavy atom. The van der Waals surface area contributed by atoms with Crippen LogP contribution in [0.3, 0.4) is 0 Å². The maximum atomic E-state index is 12.5. The van der Waals surface area contributed by atoms with Crippen molar-refractivity contribution in [2.75, 3.05) is 19.6 Å². The normalized spacial score (nSPS) is 15.8. The minimum atomic E-state index is -0.0953. The van der Waals surface area contributed by atoms with Gasteiger partial charge in [-0.3, -0.25) is 14.5 Å². The third kappa shape index (κ3) is 4.43. The van der Waals surface area contributed by atoms with Gasteiger partial charge in [0.25, 0.3) is 5.56 Å². The van der Waals surface area contributed by atoms with Crippen LogP contribution < -0.4 is 10.9 Å². The highest BCUT2D eigenvalue weighted by Crippen LogP contribution is 2.25. The summed E-state index contributed by atoms with van der Waals surface area (Å²) in [5.74, 6) is 1.72. The van der Waals surface area contributed by atoms with Crippen molar-refractivity contribution in [2.45, 2.75) is 39.7 Å². The zero-order valence-corrected chi connectivity index (χ0v) is 17.6. The summed E-state index contributed by atoms with van der Waals surface area (Å²) in [7, 11) is 0. The molecule has 0 spiro atoms. The SMILES string of the molecule is Cc1sc2nc(CCNC(=O)C3CCN(Cc4ccco4)CC3)[nH]c(=O)c2c1C. The third-order valence-electron chi connectivity index (χ3n) is 5.67. The zero-order valence-electron chi connectivity index (χ0n) is 16.8. The van der Waals surface area contributed by atoms with Crippen LogP contribution in [0.25, 0.3) is 10.2 Å². The first-order chi connectivity index (χ1) is 14.0. The number of nitrogens with zero attached hydrogens (tertiary/aromatic N) is 2. The lowest BCUT2D eigenvalue weighted by Crippen LogP contribution is -2.40. The van der Waals surface area contributed by atoms with Crippen LogP contribution in [0.15, 0.2) is 27.6 Å². The molecule has 7 nitrogen and oxygen atoms in total. The van der Waals surface area contributed by atoms with Crippen molar-refractivity contribution in [3.63, 3.8) is 0 Å². The van der Waals surface area contributed by atoms with Gasteiger partial charge in [-0.15, -0.1) is 11.3 Å². The van der Waals surface area contributed by atoms with Crippen LogP contribution >= 0.6 is 11.3 Å². The minimum Gasteiger partial charge on any atom is -0.468 e. The molecule has 0 radical (unpaired) electrons. The molecule has 0 unspecified atom stereocenters. The van der Waals surface area contributed by atoms with Gasteiger partial charge in [0.15, 0.2) is 0 Å². The molecule has 2 N–H and O–H groups in total. The van der Waals surface area contributed by atoms with E-state index in [1.165, 1.54) is 0 Å². The average Bonchev–Trinajstić information content (AvgIpc) is 3.30.